The van der Waals surface area contributed by atoms with E-state index in [-0.39, 0.29) is 16.7 Å². The second kappa shape index (κ2) is 10.2. The van der Waals surface area contributed by atoms with Crippen molar-refractivity contribution in [2.24, 2.45) is 5.92 Å². The molecular weight excluding hydrogens is 292 g/mol. The van der Waals surface area contributed by atoms with Crippen LogP contribution in [0.1, 0.15) is 61.4 Å². The quantitative estimate of drug-likeness (QED) is 0.331. The predicted molar refractivity (Wildman–Crippen MR) is 95.1 cm³/mol. The normalized spacial score (nSPS) is 11.4. The van der Waals surface area contributed by atoms with E-state index < -0.39 is 0 Å². The number of carbonyl (C=O) groups is 1. The average molecular weight is 317 g/mol. The smallest absolute Gasteiger partial charge is 0.177 e. The van der Waals surface area contributed by atoms with Gasteiger partial charge in [0.2, 0.25) is 0 Å². The van der Waals surface area contributed by atoms with Crippen LogP contribution in [0.25, 0.3) is 0 Å². The Kier molecular flexibility index (Phi) is 8.63. The van der Waals surface area contributed by atoms with Crippen LogP contribution in [0.4, 0.5) is 0 Å². The highest BCUT2D eigenvalue weighted by molar-refractivity contribution is 6.31. The number of Topliss-reactive ketones (excluding diaryl/α,β-unsaturated/α-hetero) is 1. The molecule has 0 saturated heterocycles. The van der Waals surface area contributed by atoms with E-state index in [9.17, 15) is 4.79 Å². The predicted octanol–water partition coefficient (Wildman–Crippen LogP) is 5.91. The Labute approximate surface area is 139 Å². The lowest BCUT2D eigenvalue weighted by Gasteiger charge is -2.10. The molecule has 1 unspecified atom stereocenters. The van der Waals surface area contributed by atoms with E-state index in [1.54, 1.807) is 0 Å². The van der Waals surface area contributed by atoms with Crippen molar-refractivity contribution in [1.29, 1.82) is 0 Å². The van der Waals surface area contributed by atoms with Crippen molar-refractivity contribution in [3.63, 3.8) is 0 Å². The molecule has 0 saturated carbocycles. The van der Waals surface area contributed by atoms with Gasteiger partial charge in [0.25, 0.3) is 0 Å². The highest BCUT2D eigenvalue weighted by Crippen LogP contribution is 2.17. The molecule has 1 aromatic carbocycles. The Morgan fingerprint density at radius 3 is 2.41 bits per heavy atom. The van der Waals surface area contributed by atoms with Crippen LogP contribution < -0.4 is 0 Å². The minimum absolute atomic E-state index is 0.0842. The Bertz CT molecular complexity index is 545. The topological polar surface area (TPSA) is 17.1 Å². The van der Waals surface area contributed by atoms with Crippen LogP contribution in [-0.4, -0.2) is 5.78 Å². The van der Waals surface area contributed by atoms with Gasteiger partial charge in [-0.3, -0.25) is 4.79 Å². The van der Waals surface area contributed by atoms with Gasteiger partial charge in [-0.2, -0.15) is 0 Å². The second-order valence-electron chi connectivity index (χ2n) is 5.66. The molecule has 118 valence electrons. The number of benzene rings is 1. The Morgan fingerprint density at radius 2 is 1.82 bits per heavy atom. The highest BCUT2D eigenvalue weighted by Gasteiger charge is 2.17. The van der Waals surface area contributed by atoms with E-state index in [2.05, 4.69) is 25.3 Å². The SMILES string of the molecule is C=C(Cl)C#CC(CCCCCCC)C(=O)c1ccc(C)cc1. The first-order chi connectivity index (χ1) is 10.5. The van der Waals surface area contributed by atoms with Crippen molar-refractivity contribution in [3.8, 4) is 11.8 Å². The zero-order valence-corrected chi connectivity index (χ0v) is 14.4. The number of ketones is 1. The van der Waals surface area contributed by atoms with Crippen LogP contribution in [-0.2, 0) is 0 Å². The van der Waals surface area contributed by atoms with E-state index in [4.69, 9.17) is 11.6 Å². The highest BCUT2D eigenvalue weighted by atomic mass is 35.5. The first kappa shape index (κ1) is 18.5. The molecule has 0 aromatic heterocycles. The number of hydrogen-bond donors (Lipinski definition) is 0. The number of unbranched alkanes of at least 4 members (excludes halogenated alkanes) is 4. The summed E-state index contributed by atoms with van der Waals surface area (Å²) in [7, 11) is 0. The van der Waals surface area contributed by atoms with Crippen molar-refractivity contribution >= 4 is 17.4 Å². The first-order valence-electron chi connectivity index (χ1n) is 8.01. The van der Waals surface area contributed by atoms with Gasteiger partial charge in [-0.05, 0) is 13.3 Å². The summed E-state index contributed by atoms with van der Waals surface area (Å²) in [5.41, 5.74) is 1.87. The third-order valence-corrected chi connectivity index (χ3v) is 3.73. The monoisotopic (exact) mass is 316 g/mol. The summed E-state index contributed by atoms with van der Waals surface area (Å²) < 4.78 is 0. The van der Waals surface area contributed by atoms with E-state index in [0.717, 1.165) is 30.4 Å². The maximum absolute atomic E-state index is 12.6. The van der Waals surface area contributed by atoms with Gasteiger partial charge in [0.1, 0.15) is 0 Å². The van der Waals surface area contributed by atoms with Crippen LogP contribution >= 0.6 is 11.6 Å². The molecule has 0 heterocycles. The standard InChI is InChI=1S/C20H25ClO/c1-4-5-6-7-8-9-18(15-12-17(3)21)20(22)19-13-10-16(2)11-14-19/h10-11,13-14,18H,3-9H2,1-2H3. The molecule has 1 atom stereocenters. The molecule has 0 radical (unpaired) electrons. The number of halogens is 1. The maximum Gasteiger partial charge on any atom is 0.177 e. The molecule has 0 aliphatic heterocycles. The third-order valence-electron chi connectivity index (χ3n) is 3.63. The summed E-state index contributed by atoms with van der Waals surface area (Å²) in [5.74, 6) is 5.54. The molecule has 0 spiro atoms. The van der Waals surface area contributed by atoms with Gasteiger partial charge in [-0.15, -0.1) is 0 Å². The largest absolute Gasteiger partial charge is 0.293 e. The van der Waals surface area contributed by atoms with Gasteiger partial charge < -0.3 is 0 Å². The number of hydrogen-bond acceptors (Lipinski definition) is 1. The fourth-order valence-electron chi connectivity index (χ4n) is 2.31. The van der Waals surface area contributed by atoms with Crippen molar-refractivity contribution < 1.29 is 4.79 Å². The Hall–Kier alpha value is -1.52. The van der Waals surface area contributed by atoms with Crippen molar-refractivity contribution in [1.82, 2.24) is 0 Å². The van der Waals surface area contributed by atoms with Crippen LogP contribution in [0.2, 0.25) is 0 Å². The number of carbonyl (C=O) groups excluding carboxylic acids is 1. The zero-order chi connectivity index (χ0) is 16.4. The van der Waals surface area contributed by atoms with Gasteiger partial charge in [0.05, 0.1) is 11.0 Å². The van der Waals surface area contributed by atoms with E-state index in [1.807, 2.05) is 31.2 Å². The molecule has 1 aromatic rings. The summed E-state index contributed by atoms with van der Waals surface area (Å²) in [4.78, 5) is 12.6. The summed E-state index contributed by atoms with van der Waals surface area (Å²) >= 11 is 5.72. The number of allylic oxidation sites excluding steroid dienone is 1. The van der Waals surface area contributed by atoms with E-state index in [1.165, 1.54) is 19.3 Å². The van der Waals surface area contributed by atoms with Gasteiger partial charge >= 0.3 is 0 Å². The first-order valence-corrected chi connectivity index (χ1v) is 8.39. The molecule has 0 bridgehead atoms. The van der Waals surface area contributed by atoms with Crippen molar-refractivity contribution in [2.75, 3.05) is 0 Å². The van der Waals surface area contributed by atoms with Crippen LogP contribution in [0.3, 0.4) is 0 Å². The number of aryl methyl sites for hydroxylation is 1. The van der Waals surface area contributed by atoms with Gasteiger partial charge in [0.15, 0.2) is 5.78 Å². The van der Waals surface area contributed by atoms with Crippen molar-refractivity contribution in [3.05, 3.63) is 47.0 Å². The zero-order valence-electron chi connectivity index (χ0n) is 13.6. The van der Waals surface area contributed by atoms with Gasteiger partial charge in [0, 0.05) is 5.56 Å². The molecule has 0 fully saturated rings. The minimum Gasteiger partial charge on any atom is -0.293 e. The number of rotatable bonds is 8. The van der Waals surface area contributed by atoms with Crippen LogP contribution in [0, 0.1) is 24.7 Å². The Morgan fingerprint density at radius 1 is 1.18 bits per heavy atom. The van der Waals surface area contributed by atoms with Crippen LogP contribution in [0.5, 0.6) is 0 Å². The minimum atomic E-state index is -0.292. The van der Waals surface area contributed by atoms with E-state index in [0.29, 0.717) is 0 Å². The Balaban J connectivity index is 2.72. The van der Waals surface area contributed by atoms with Gasteiger partial charge in [-0.25, -0.2) is 0 Å². The molecule has 1 rings (SSSR count). The molecular formula is C20H25ClO. The lowest BCUT2D eigenvalue weighted by Crippen LogP contribution is -2.13. The third kappa shape index (κ3) is 6.96. The summed E-state index contributed by atoms with van der Waals surface area (Å²) in [6, 6.07) is 7.66. The van der Waals surface area contributed by atoms with E-state index >= 15 is 0 Å². The lowest BCUT2D eigenvalue weighted by molar-refractivity contribution is 0.0943. The molecule has 0 aliphatic rings. The maximum atomic E-state index is 12.6. The fraction of sp³-hybridized carbons (Fsp3) is 0.450. The van der Waals surface area contributed by atoms with Gasteiger partial charge in [-0.1, -0.05) is 98.9 Å². The summed E-state index contributed by atoms with van der Waals surface area (Å²) in [6.45, 7) is 7.78. The molecule has 2 heteroatoms. The fourth-order valence-corrected chi connectivity index (χ4v) is 2.36. The second-order valence-corrected chi connectivity index (χ2v) is 6.12. The lowest BCUT2D eigenvalue weighted by atomic mass is 9.92. The molecule has 0 amide bonds. The molecule has 1 nitrogen and oxygen atoms in total. The summed E-state index contributed by atoms with van der Waals surface area (Å²) in [5, 5.41) is 0.285. The average Bonchev–Trinajstić information content (AvgIpc) is 2.50. The summed E-state index contributed by atoms with van der Waals surface area (Å²) in [6.07, 6.45) is 6.64. The van der Waals surface area contributed by atoms with Crippen molar-refractivity contribution in [2.45, 2.75) is 52.4 Å². The molecule has 0 N–H and O–H groups in total. The van der Waals surface area contributed by atoms with Crippen LogP contribution in [0.15, 0.2) is 35.9 Å². The molecule has 0 aliphatic carbocycles. The molecule has 22 heavy (non-hydrogen) atoms.